The fourth-order valence-electron chi connectivity index (χ4n) is 2.70. The second-order valence-electron chi connectivity index (χ2n) is 5.69. The molecule has 0 amide bonds. The molecule has 1 aromatic heterocycles. The van der Waals surface area contributed by atoms with E-state index < -0.39 is 0 Å². The van der Waals surface area contributed by atoms with Gasteiger partial charge in [-0.15, -0.1) is 0 Å². The van der Waals surface area contributed by atoms with Gasteiger partial charge in [0.2, 0.25) is 0 Å². The molecule has 1 aliphatic rings. The number of aryl methyl sites for hydroxylation is 2. The zero-order chi connectivity index (χ0) is 13.4. The van der Waals surface area contributed by atoms with E-state index in [4.69, 9.17) is 4.74 Å². The van der Waals surface area contributed by atoms with Crippen LogP contribution in [0.1, 0.15) is 41.9 Å². The number of nitrogens with one attached hydrogen (secondary N) is 1. The molecular formula is C16H19NO2. The number of hydrogen-bond acceptors (Lipinski definition) is 2. The number of H-pyrrole nitrogens is 1. The molecule has 0 atom stereocenters. The van der Waals surface area contributed by atoms with Gasteiger partial charge >= 0.3 is 5.97 Å². The Kier molecular flexibility index (Phi) is 3.05. The van der Waals surface area contributed by atoms with Crippen LogP contribution in [0, 0.1) is 5.92 Å². The third-order valence-electron chi connectivity index (χ3n) is 3.63. The van der Waals surface area contributed by atoms with Crippen molar-refractivity contribution in [1.29, 1.82) is 0 Å². The van der Waals surface area contributed by atoms with Crippen LogP contribution in [0.4, 0.5) is 0 Å². The van der Waals surface area contributed by atoms with Crippen molar-refractivity contribution >= 4 is 16.9 Å². The first-order valence-electron chi connectivity index (χ1n) is 6.96. The summed E-state index contributed by atoms with van der Waals surface area (Å²) < 4.78 is 5.29. The van der Waals surface area contributed by atoms with Gasteiger partial charge in [0, 0.05) is 16.6 Å². The number of benzene rings is 1. The third kappa shape index (κ3) is 2.25. The number of rotatable bonds is 3. The molecule has 1 aromatic carbocycles. The molecule has 3 nitrogen and oxygen atoms in total. The molecule has 1 aliphatic carbocycles. The highest BCUT2D eigenvalue weighted by Crippen LogP contribution is 2.30. The average molecular weight is 257 g/mol. The lowest BCUT2D eigenvalue weighted by Crippen LogP contribution is -2.10. The van der Waals surface area contributed by atoms with Crippen LogP contribution >= 0.6 is 0 Å². The second-order valence-corrected chi connectivity index (χ2v) is 5.69. The molecule has 0 fully saturated rings. The fourth-order valence-corrected chi connectivity index (χ4v) is 2.70. The van der Waals surface area contributed by atoms with Gasteiger partial charge in [-0.05, 0) is 48.9 Å². The summed E-state index contributed by atoms with van der Waals surface area (Å²) >= 11 is 0. The summed E-state index contributed by atoms with van der Waals surface area (Å²) in [6.45, 7) is 4.55. The van der Waals surface area contributed by atoms with E-state index >= 15 is 0 Å². The van der Waals surface area contributed by atoms with Crippen molar-refractivity contribution in [2.24, 2.45) is 5.92 Å². The number of hydrogen-bond donors (Lipinski definition) is 1. The summed E-state index contributed by atoms with van der Waals surface area (Å²) in [5.74, 6) is 0.146. The van der Waals surface area contributed by atoms with Crippen molar-refractivity contribution in [3.63, 3.8) is 0 Å². The number of aromatic nitrogens is 1. The molecule has 100 valence electrons. The Labute approximate surface area is 113 Å². The van der Waals surface area contributed by atoms with Gasteiger partial charge < -0.3 is 9.72 Å². The molecule has 3 heteroatoms. The van der Waals surface area contributed by atoms with Crippen molar-refractivity contribution in [1.82, 2.24) is 4.98 Å². The van der Waals surface area contributed by atoms with E-state index in [9.17, 15) is 4.79 Å². The van der Waals surface area contributed by atoms with E-state index in [1.807, 2.05) is 32.0 Å². The van der Waals surface area contributed by atoms with Crippen LogP contribution in [-0.2, 0) is 17.6 Å². The Morgan fingerprint density at radius 1 is 1.37 bits per heavy atom. The minimum Gasteiger partial charge on any atom is -0.462 e. The lowest BCUT2D eigenvalue weighted by Gasteiger charge is -2.07. The van der Waals surface area contributed by atoms with Gasteiger partial charge in [-0.2, -0.15) is 0 Å². The number of ether oxygens (including phenoxy) is 1. The van der Waals surface area contributed by atoms with Crippen LogP contribution in [-0.4, -0.2) is 17.6 Å². The Bertz CT molecular complexity index is 625. The summed E-state index contributed by atoms with van der Waals surface area (Å²) in [6.07, 6.45) is 3.44. The van der Waals surface area contributed by atoms with Gasteiger partial charge in [0.25, 0.3) is 0 Å². The quantitative estimate of drug-likeness (QED) is 0.855. The Morgan fingerprint density at radius 3 is 3.00 bits per heavy atom. The summed E-state index contributed by atoms with van der Waals surface area (Å²) in [6, 6.07) is 5.80. The molecule has 0 bridgehead atoms. The van der Waals surface area contributed by atoms with Gasteiger partial charge in [-0.3, -0.25) is 0 Å². The molecule has 0 saturated heterocycles. The number of aromatic amines is 1. The molecule has 1 heterocycles. The van der Waals surface area contributed by atoms with Crippen molar-refractivity contribution < 1.29 is 9.53 Å². The minimum atomic E-state index is -0.219. The maximum Gasteiger partial charge on any atom is 0.338 e. The smallest absolute Gasteiger partial charge is 0.338 e. The zero-order valence-electron chi connectivity index (χ0n) is 11.5. The predicted molar refractivity (Wildman–Crippen MR) is 75.4 cm³/mol. The Balaban J connectivity index is 1.90. The third-order valence-corrected chi connectivity index (χ3v) is 3.63. The first kappa shape index (κ1) is 12.3. The highest BCUT2D eigenvalue weighted by Gasteiger charge is 2.18. The van der Waals surface area contributed by atoms with Crippen LogP contribution in [0.3, 0.4) is 0 Å². The van der Waals surface area contributed by atoms with E-state index in [-0.39, 0.29) is 5.97 Å². The highest BCUT2D eigenvalue weighted by atomic mass is 16.5. The normalized spacial score (nSPS) is 14.1. The first-order chi connectivity index (χ1) is 9.15. The molecule has 2 aromatic rings. The topological polar surface area (TPSA) is 42.1 Å². The van der Waals surface area contributed by atoms with Gasteiger partial charge in [0.05, 0.1) is 12.2 Å². The molecular weight excluding hydrogens is 238 g/mol. The maximum atomic E-state index is 12.0. The molecule has 19 heavy (non-hydrogen) atoms. The lowest BCUT2D eigenvalue weighted by atomic mass is 10.1. The molecule has 0 aliphatic heterocycles. The van der Waals surface area contributed by atoms with E-state index in [1.54, 1.807) is 0 Å². The Hall–Kier alpha value is -1.77. The fraction of sp³-hybridized carbons (Fsp3) is 0.438. The molecule has 0 radical (unpaired) electrons. The van der Waals surface area contributed by atoms with E-state index in [1.165, 1.54) is 23.1 Å². The molecule has 3 rings (SSSR count). The van der Waals surface area contributed by atoms with Crippen LogP contribution in [0.5, 0.6) is 0 Å². The summed E-state index contributed by atoms with van der Waals surface area (Å²) in [4.78, 5) is 15.4. The van der Waals surface area contributed by atoms with E-state index in [0.717, 1.165) is 18.4 Å². The average Bonchev–Trinajstić information content (AvgIpc) is 2.95. The van der Waals surface area contributed by atoms with Crippen LogP contribution in [0.15, 0.2) is 18.2 Å². The largest absolute Gasteiger partial charge is 0.462 e. The molecule has 0 unspecified atom stereocenters. The molecule has 1 N–H and O–H groups in total. The maximum absolute atomic E-state index is 12.0. The SMILES string of the molecule is CC(C)COC(=O)c1ccc2[nH]c3c(c2c1)CCC3. The number of carbonyl (C=O) groups is 1. The summed E-state index contributed by atoms with van der Waals surface area (Å²) in [5.41, 5.74) is 4.50. The van der Waals surface area contributed by atoms with E-state index in [0.29, 0.717) is 18.1 Å². The van der Waals surface area contributed by atoms with E-state index in [2.05, 4.69) is 4.98 Å². The molecule has 0 saturated carbocycles. The van der Waals surface area contributed by atoms with Gasteiger partial charge in [0.15, 0.2) is 0 Å². The van der Waals surface area contributed by atoms with Crippen molar-refractivity contribution in [3.05, 3.63) is 35.0 Å². The second kappa shape index (κ2) is 4.72. The van der Waals surface area contributed by atoms with Crippen molar-refractivity contribution in [2.75, 3.05) is 6.61 Å². The number of fused-ring (bicyclic) bond motifs is 3. The Morgan fingerprint density at radius 2 is 2.21 bits per heavy atom. The van der Waals surface area contributed by atoms with Crippen LogP contribution in [0.2, 0.25) is 0 Å². The zero-order valence-corrected chi connectivity index (χ0v) is 11.5. The number of esters is 1. The minimum absolute atomic E-state index is 0.219. The monoisotopic (exact) mass is 257 g/mol. The first-order valence-corrected chi connectivity index (χ1v) is 6.96. The summed E-state index contributed by atoms with van der Waals surface area (Å²) in [7, 11) is 0. The van der Waals surface area contributed by atoms with Crippen LogP contribution < -0.4 is 0 Å². The highest BCUT2D eigenvalue weighted by molar-refractivity contribution is 5.96. The van der Waals surface area contributed by atoms with Gasteiger partial charge in [-0.1, -0.05) is 13.8 Å². The summed E-state index contributed by atoms with van der Waals surface area (Å²) in [5, 5.41) is 1.19. The van der Waals surface area contributed by atoms with Gasteiger partial charge in [-0.25, -0.2) is 4.79 Å². The van der Waals surface area contributed by atoms with Crippen molar-refractivity contribution in [2.45, 2.75) is 33.1 Å². The predicted octanol–water partition coefficient (Wildman–Crippen LogP) is 3.47. The standard InChI is InChI=1S/C16H19NO2/c1-10(2)9-19-16(18)11-6-7-15-13(8-11)12-4-3-5-14(12)17-15/h6-8,10,17H,3-5,9H2,1-2H3. The van der Waals surface area contributed by atoms with Gasteiger partial charge in [0.1, 0.15) is 0 Å². The number of carbonyl (C=O) groups excluding carboxylic acids is 1. The van der Waals surface area contributed by atoms with Crippen LogP contribution in [0.25, 0.3) is 10.9 Å². The molecule has 0 spiro atoms. The lowest BCUT2D eigenvalue weighted by molar-refractivity contribution is 0.0459. The van der Waals surface area contributed by atoms with Crippen molar-refractivity contribution in [3.8, 4) is 0 Å².